The van der Waals surface area contributed by atoms with Gasteiger partial charge in [-0.25, -0.2) is 0 Å². The lowest BCUT2D eigenvalue weighted by Gasteiger charge is -2.36. The van der Waals surface area contributed by atoms with Crippen LogP contribution in [0.1, 0.15) is 21.4 Å². The van der Waals surface area contributed by atoms with E-state index in [0.29, 0.717) is 18.8 Å². The number of nitrogens with one attached hydrogen (secondary N) is 1. The molecule has 1 N–H and O–H groups in total. The summed E-state index contributed by atoms with van der Waals surface area (Å²) in [5.74, 6) is 1.18. The maximum atomic E-state index is 12.4. The van der Waals surface area contributed by atoms with Gasteiger partial charge < -0.3 is 19.5 Å². The Balaban J connectivity index is 0.00000300. The summed E-state index contributed by atoms with van der Waals surface area (Å²) < 4.78 is 5.22. The molecule has 3 rings (SSSR count). The summed E-state index contributed by atoms with van der Waals surface area (Å²) in [5, 5.41) is 4.49. The van der Waals surface area contributed by atoms with Crippen molar-refractivity contribution in [3.8, 4) is 0 Å². The molecule has 0 saturated carbocycles. The number of hydrogen-bond acceptors (Lipinski definition) is 4. The van der Waals surface area contributed by atoms with E-state index in [9.17, 15) is 4.79 Å². The van der Waals surface area contributed by atoms with Crippen molar-refractivity contribution >= 4 is 59.2 Å². The molecule has 0 aliphatic carbocycles. The Kier molecular flexibility index (Phi) is 9.64. The van der Waals surface area contributed by atoms with Gasteiger partial charge in [-0.15, -0.1) is 24.0 Å². The van der Waals surface area contributed by atoms with Crippen LogP contribution >= 0.6 is 47.3 Å². The van der Waals surface area contributed by atoms with Crippen LogP contribution in [0.5, 0.6) is 0 Å². The van der Waals surface area contributed by atoms with Crippen molar-refractivity contribution in [2.45, 2.75) is 5.25 Å². The van der Waals surface area contributed by atoms with Gasteiger partial charge in [0.1, 0.15) is 0 Å². The van der Waals surface area contributed by atoms with Crippen molar-refractivity contribution < 1.29 is 9.21 Å². The molecular formula is C20H26ClIN4O2S. The monoisotopic (exact) mass is 548 g/mol. The Bertz CT molecular complexity index is 811. The summed E-state index contributed by atoms with van der Waals surface area (Å²) in [7, 11) is 1.79. The fourth-order valence-corrected chi connectivity index (χ4v) is 4.11. The van der Waals surface area contributed by atoms with Crippen molar-refractivity contribution in [2.75, 3.05) is 46.0 Å². The van der Waals surface area contributed by atoms with Gasteiger partial charge in [-0.1, -0.05) is 23.7 Å². The summed E-state index contributed by atoms with van der Waals surface area (Å²) in [4.78, 5) is 20.8. The second-order valence-electron chi connectivity index (χ2n) is 6.46. The van der Waals surface area contributed by atoms with Gasteiger partial charge in [0, 0.05) is 50.0 Å². The van der Waals surface area contributed by atoms with E-state index in [4.69, 9.17) is 16.0 Å². The molecule has 0 radical (unpaired) electrons. The first-order valence-electron chi connectivity index (χ1n) is 9.19. The molecule has 158 valence electrons. The number of nitrogens with zero attached hydrogens (tertiary/aromatic N) is 3. The number of furan rings is 1. The normalized spacial score (nSPS) is 15.6. The number of guanidine groups is 1. The van der Waals surface area contributed by atoms with Crippen LogP contribution in [0.15, 0.2) is 52.1 Å². The van der Waals surface area contributed by atoms with Gasteiger partial charge in [0.2, 0.25) is 0 Å². The second-order valence-corrected chi connectivity index (χ2v) is 7.94. The largest absolute Gasteiger partial charge is 0.459 e. The number of carbonyl (C=O) groups excluding carboxylic acids is 1. The van der Waals surface area contributed by atoms with Gasteiger partial charge in [0.05, 0.1) is 6.26 Å². The second kappa shape index (κ2) is 11.7. The molecule has 2 heterocycles. The van der Waals surface area contributed by atoms with E-state index in [0.717, 1.165) is 30.6 Å². The minimum atomic E-state index is -0.0593. The number of amides is 1. The zero-order valence-corrected chi connectivity index (χ0v) is 20.4. The van der Waals surface area contributed by atoms with Crippen LogP contribution in [0.3, 0.4) is 0 Å². The van der Waals surface area contributed by atoms with E-state index in [1.165, 1.54) is 11.8 Å². The first kappa shape index (κ1) is 23.9. The van der Waals surface area contributed by atoms with E-state index in [2.05, 4.69) is 27.5 Å². The maximum absolute atomic E-state index is 12.4. The Morgan fingerprint density at radius 1 is 1.24 bits per heavy atom. The lowest BCUT2D eigenvalue weighted by molar-refractivity contribution is 0.0658. The Hall–Kier alpha value is -1.39. The zero-order chi connectivity index (χ0) is 19.9. The van der Waals surface area contributed by atoms with Crippen molar-refractivity contribution in [1.29, 1.82) is 0 Å². The molecule has 0 bridgehead atoms. The average Bonchev–Trinajstić information content (AvgIpc) is 3.26. The lowest BCUT2D eigenvalue weighted by Crippen LogP contribution is -2.54. The summed E-state index contributed by atoms with van der Waals surface area (Å²) in [6.45, 7) is 3.49. The van der Waals surface area contributed by atoms with Crippen LogP contribution in [0.25, 0.3) is 0 Å². The molecule has 0 spiro atoms. The van der Waals surface area contributed by atoms with E-state index in [1.54, 1.807) is 30.9 Å². The molecule has 1 fully saturated rings. The topological polar surface area (TPSA) is 61.1 Å². The molecule has 1 aliphatic rings. The number of benzene rings is 1. The average molecular weight is 549 g/mol. The van der Waals surface area contributed by atoms with Crippen LogP contribution in [0.4, 0.5) is 0 Å². The van der Waals surface area contributed by atoms with E-state index < -0.39 is 0 Å². The Labute approximate surface area is 198 Å². The van der Waals surface area contributed by atoms with Gasteiger partial charge in [-0.05, 0) is 36.1 Å². The number of piperazine rings is 1. The van der Waals surface area contributed by atoms with Crippen LogP contribution in [-0.2, 0) is 0 Å². The van der Waals surface area contributed by atoms with Gasteiger partial charge >= 0.3 is 0 Å². The quantitative estimate of drug-likeness (QED) is 0.348. The summed E-state index contributed by atoms with van der Waals surface area (Å²) in [6.07, 6.45) is 3.62. The standard InChI is InChI=1S/C20H25ClN4O2S.HI/c1-22-20(23-14-18(28-2)15-5-3-6-16(21)13-15)25-10-8-24(9-11-25)19(26)17-7-4-12-27-17;/h3-7,12-13,18H,8-11,14H2,1-2H3,(H,22,23);1H. The molecule has 1 saturated heterocycles. The highest BCUT2D eigenvalue weighted by atomic mass is 127. The van der Waals surface area contributed by atoms with E-state index in [1.807, 2.05) is 23.1 Å². The fraction of sp³-hybridized carbons (Fsp3) is 0.400. The Morgan fingerprint density at radius 3 is 2.55 bits per heavy atom. The Morgan fingerprint density at radius 2 is 1.97 bits per heavy atom. The molecule has 29 heavy (non-hydrogen) atoms. The van der Waals surface area contributed by atoms with Crippen LogP contribution in [-0.4, -0.2) is 67.7 Å². The minimum Gasteiger partial charge on any atom is -0.459 e. The SMILES string of the molecule is CN=C(NCC(SC)c1cccc(Cl)c1)N1CCN(C(=O)c2ccco2)CC1.I. The number of thioether (sulfide) groups is 1. The third-order valence-corrected chi connectivity index (χ3v) is 6.00. The fourth-order valence-electron chi connectivity index (χ4n) is 3.24. The van der Waals surface area contributed by atoms with Gasteiger partial charge in [-0.3, -0.25) is 9.79 Å². The molecule has 1 unspecified atom stereocenters. The summed E-state index contributed by atoms with van der Waals surface area (Å²) >= 11 is 7.91. The molecular weight excluding hydrogens is 523 g/mol. The maximum Gasteiger partial charge on any atom is 0.289 e. The molecule has 9 heteroatoms. The predicted molar refractivity (Wildman–Crippen MR) is 131 cm³/mol. The minimum absolute atomic E-state index is 0. The molecule has 1 aliphatic heterocycles. The third-order valence-electron chi connectivity index (χ3n) is 4.76. The van der Waals surface area contributed by atoms with E-state index in [-0.39, 0.29) is 35.1 Å². The number of rotatable bonds is 5. The number of halogens is 2. The van der Waals surface area contributed by atoms with Crippen molar-refractivity contribution in [1.82, 2.24) is 15.1 Å². The highest BCUT2D eigenvalue weighted by Gasteiger charge is 2.25. The van der Waals surface area contributed by atoms with E-state index >= 15 is 0 Å². The molecule has 6 nitrogen and oxygen atoms in total. The third kappa shape index (κ3) is 6.29. The van der Waals surface area contributed by atoms with Crippen LogP contribution in [0, 0.1) is 0 Å². The van der Waals surface area contributed by atoms with Gasteiger partial charge in [-0.2, -0.15) is 11.8 Å². The van der Waals surface area contributed by atoms with Crippen LogP contribution in [0.2, 0.25) is 5.02 Å². The molecule has 2 aromatic rings. The zero-order valence-electron chi connectivity index (χ0n) is 16.5. The highest BCUT2D eigenvalue weighted by molar-refractivity contribution is 14.0. The van der Waals surface area contributed by atoms with Crippen molar-refractivity contribution in [2.24, 2.45) is 4.99 Å². The summed E-state index contributed by atoms with van der Waals surface area (Å²) in [5.41, 5.74) is 1.19. The number of aliphatic imine (C=N–C) groups is 1. The van der Waals surface area contributed by atoms with Gasteiger partial charge in [0.25, 0.3) is 5.91 Å². The lowest BCUT2D eigenvalue weighted by atomic mass is 10.1. The predicted octanol–water partition coefficient (Wildman–Crippen LogP) is 3.99. The number of hydrogen-bond donors (Lipinski definition) is 1. The van der Waals surface area contributed by atoms with Gasteiger partial charge in [0.15, 0.2) is 11.7 Å². The smallest absolute Gasteiger partial charge is 0.289 e. The molecule has 1 aromatic carbocycles. The van der Waals surface area contributed by atoms with Crippen molar-refractivity contribution in [3.05, 3.63) is 59.0 Å². The molecule has 1 atom stereocenters. The number of carbonyl (C=O) groups is 1. The summed E-state index contributed by atoms with van der Waals surface area (Å²) in [6, 6.07) is 11.4. The molecule has 1 aromatic heterocycles. The molecule has 1 amide bonds. The van der Waals surface area contributed by atoms with Crippen LogP contribution < -0.4 is 5.32 Å². The first-order chi connectivity index (χ1) is 13.6. The van der Waals surface area contributed by atoms with Crippen molar-refractivity contribution in [3.63, 3.8) is 0 Å². The highest BCUT2D eigenvalue weighted by Crippen LogP contribution is 2.27. The first-order valence-corrected chi connectivity index (χ1v) is 10.9.